The molecule has 2 unspecified atom stereocenters. The lowest BCUT2D eigenvalue weighted by atomic mass is 9.87. The van der Waals surface area contributed by atoms with Crippen LogP contribution in [0.3, 0.4) is 0 Å². The number of hydrogen-bond acceptors (Lipinski definition) is 6. The quantitative estimate of drug-likeness (QED) is 0.621. The number of aliphatic hydroxyl groups is 1. The van der Waals surface area contributed by atoms with Gasteiger partial charge in [-0.2, -0.15) is 5.10 Å². The molecule has 0 spiro atoms. The van der Waals surface area contributed by atoms with Crippen LogP contribution in [0.25, 0.3) is 11.0 Å². The molecule has 0 bridgehead atoms. The minimum Gasteiger partial charge on any atom is -0.496 e. The summed E-state index contributed by atoms with van der Waals surface area (Å²) in [4.78, 5) is 10.8. The molecule has 0 aliphatic carbocycles. The van der Waals surface area contributed by atoms with Crippen LogP contribution in [0.2, 0.25) is 5.02 Å². The van der Waals surface area contributed by atoms with Crippen molar-refractivity contribution in [1.82, 2.24) is 24.6 Å². The average Bonchev–Trinajstić information content (AvgIpc) is 3.03. The number of rotatable bonds is 6. The molecule has 3 aromatic rings. The molecule has 0 amide bonds. The minimum atomic E-state index is -0.448. The highest BCUT2D eigenvalue weighted by molar-refractivity contribution is 6.31. The van der Waals surface area contributed by atoms with Gasteiger partial charge >= 0.3 is 0 Å². The molecular weight excluding hydrogens is 421 g/mol. The van der Waals surface area contributed by atoms with Gasteiger partial charge in [0.1, 0.15) is 17.9 Å². The molecule has 2 atom stereocenters. The number of aromatic nitrogens is 4. The molecule has 1 aliphatic heterocycles. The van der Waals surface area contributed by atoms with E-state index in [1.807, 2.05) is 25.5 Å². The molecule has 3 heterocycles. The maximum absolute atomic E-state index is 15.1. The summed E-state index contributed by atoms with van der Waals surface area (Å²) < 4.78 is 22.7. The number of likely N-dealkylation sites (tertiary alicyclic amines) is 1. The third-order valence-corrected chi connectivity index (χ3v) is 6.27. The first-order valence-corrected chi connectivity index (χ1v) is 10.7. The van der Waals surface area contributed by atoms with Gasteiger partial charge in [0.2, 0.25) is 0 Å². The van der Waals surface area contributed by atoms with E-state index in [1.165, 1.54) is 6.33 Å². The lowest BCUT2D eigenvalue weighted by Crippen LogP contribution is -2.48. The number of hydrogen-bond donors (Lipinski definition) is 1. The summed E-state index contributed by atoms with van der Waals surface area (Å²) in [6, 6.07) is 1.33. The number of halogens is 2. The second-order valence-electron chi connectivity index (χ2n) is 8.34. The van der Waals surface area contributed by atoms with Crippen LogP contribution in [0.15, 0.2) is 12.4 Å². The Labute approximate surface area is 185 Å². The van der Waals surface area contributed by atoms with Gasteiger partial charge in [-0.3, -0.25) is 4.90 Å². The van der Waals surface area contributed by atoms with Crippen LogP contribution < -0.4 is 4.74 Å². The standard InChI is InChI=1S/C22H27ClFN5O2/c1-11(30)7-28-8-15(9-28)19-20(24)17(23)6-16(21(19)31-5)14(4)29-22-18(13(3)27-29)12(2)25-10-26-22/h6,10-11,14-15,30H,7-9H2,1-5H3. The van der Waals surface area contributed by atoms with E-state index in [-0.39, 0.29) is 17.0 Å². The van der Waals surface area contributed by atoms with Crippen molar-refractivity contribution in [3.05, 3.63) is 45.7 Å². The summed E-state index contributed by atoms with van der Waals surface area (Å²) in [6.07, 6.45) is 1.09. The Balaban J connectivity index is 1.78. The zero-order valence-electron chi connectivity index (χ0n) is 18.4. The van der Waals surface area contributed by atoms with E-state index >= 15 is 4.39 Å². The summed E-state index contributed by atoms with van der Waals surface area (Å²) in [6.45, 7) is 9.41. The number of benzene rings is 1. The molecule has 1 aliphatic rings. The molecule has 4 rings (SSSR count). The van der Waals surface area contributed by atoms with Gasteiger partial charge < -0.3 is 9.84 Å². The molecule has 1 saturated heterocycles. The van der Waals surface area contributed by atoms with Gasteiger partial charge in [0.15, 0.2) is 5.65 Å². The van der Waals surface area contributed by atoms with Gasteiger partial charge in [-0.1, -0.05) is 11.6 Å². The molecule has 0 saturated carbocycles. The SMILES string of the molecule is COc1c(C(C)n2nc(C)c3c(C)ncnc32)cc(Cl)c(F)c1C1CN(CC(C)O)C1. The highest BCUT2D eigenvalue weighted by Crippen LogP contribution is 2.43. The van der Waals surface area contributed by atoms with Crippen LogP contribution >= 0.6 is 11.6 Å². The van der Waals surface area contributed by atoms with Crippen LogP contribution in [0.1, 0.15) is 48.3 Å². The number of aryl methyl sites for hydroxylation is 2. The van der Waals surface area contributed by atoms with Gasteiger partial charge in [-0.05, 0) is 33.8 Å². The summed E-state index contributed by atoms with van der Waals surface area (Å²) >= 11 is 6.33. The first kappa shape index (κ1) is 21.9. The molecule has 31 heavy (non-hydrogen) atoms. The molecular formula is C22H27ClFN5O2. The summed E-state index contributed by atoms with van der Waals surface area (Å²) in [7, 11) is 1.55. The van der Waals surface area contributed by atoms with E-state index in [2.05, 4.69) is 14.9 Å². The highest BCUT2D eigenvalue weighted by Gasteiger charge is 2.36. The van der Waals surface area contributed by atoms with Gasteiger partial charge in [-0.15, -0.1) is 0 Å². The first-order chi connectivity index (χ1) is 14.7. The van der Waals surface area contributed by atoms with Crippen LogP contribution in [0, 0.1) is 19.7 Å². The van der Waals surface area contributed by atoms with E-state index < -0.39 is 11.9 Å². The third kappa shape index (κ3) is 3.77. The first-order valence-electron chi connectivity index (χ1n) is 10.4. The Morgan fingerprint density at radius 3 is 2.61 bits per heavy atom. The Hall–Kier alpha value is -2.29. The summed E-state index contributed by atoms with van der Waals surface area (Å²) in [5.41, 5.74) is 3.64. The Morgan fingerprint density at radius 1 is 1.26 bits per heavy atom. The molecule has 1 aromatic carbocycles. The Morgan fingerprint density at radius 2 is 1.97 bits per heavy atom. The largest absolute Gasteiger partial charge is 0.496 e. The fourth-order valence-electron chi connectivity index (χ4n) is 4.55. The number of nitrogens with zero attached hydrogens (tertiary/aromatic N) is 5. The zero-order valence-corrected chi connectivity index (χ0v) is 19.1. The van der Waals surface area contributed by atoms with Crippen molar-refractivity contribution in [2.24, 2.45) is 0 Å². The number of ether oxygens (including phenoxy) is 1. The van der Waals surface area contributed by atoms with Crippen molar-refractivity contribution in [2.45, 2.75) is 45.8 Å². The number of aliphatic hydroxyl groups excluding tert-OH is 1. The van der Waals surface area contributed by atoms with Gasteiger partial charge in [0, 0.05) is 36.7 Å². The molecule has 1 N–H and O–H groups in total. The van der Waals surface area contributed by atoms with Crippen molar-refractivity contribution in [3.8, 4) is 5.75 Å². The predicted octanol–water partition coefficient (Wildman–Crippen LogP) is 3.63. The van der Waals surface area contributed by atoms with Crippen molar-refractivity contribution in [3.63, 3.8) is 0 Å². The van der Waals surface area contributed by atoms with Crippen molar-refractivity contribution in [1.29, 1.82) is 0 Å². The number of methoxy groups -OCH3 is 1. The molecule has 2 aromatic heterocycles. The summed E-state index contributed by atoms with van der Waals surface area (Å²) in [5.74, 6) is -0.0157. The second-order valence-corrected chi connectivity index (χ2v) is 8.74. The maximum Gasteiger partial charge on any atom is 0.162 e. The zero-order chi connectivity index (χ0) is 22.4. The lowest BCUT2D eigenvalue weighted by molar-refractivity contribution is 0.0723. The van der Waals surface area contributed by atoms with Gasteiger partial charge in [0.05, 0.1) is 41.1 Å². The van der Waals surface area contributed by atoms with Crippen LogP contribution in [0.4, 0.5) is 4.39 Å². The highest BCUT2D eigenvalue weighted by atomic mass is 35.5. The second kappa shape index (κ2) is 8.33. The lowest BCUT2D eigenvalue weighted by Gasteiger charge is -2.41. The molecule has 1 fully saturated rings. The fraction of sp³-hybridized carbons (Fsp3) is 0.500. The van der Waals surface area contributed by atoms with Crippen LogP contribution in [0.5, 0.6) is 5.75 Å². The Bertz CT molecular complexity index is 1130. The van der Waals surface area contributed by atoms with E-state index in [0.29, 0.717) is 36.6 Å². The fourth-order valence-corrected chi connectivity index (χ4v) is 4.77. The number of fused-ring (bicyclic) bond motifs is 1. The van der Waals surface area contributed by atoms with Crippen LogP contribution in [-0.4, -0.2) is 62.6 Å². The summed E-state index contributed by atoms with van der Waals surface area (Å²) in [5, 5.41) is 15.3. The van der Waals surface area contributed by atoms with Crippen molar-refractivity contribution >= 4 is 22.6 Å². The predicted molar refractivity (Wildman–Crippen MR) is 117 cm³/mol. The maximum atomic E-state index is 15.1. The van der Waals surface area contributed by atoms with E-state index in [0.717, 1.165) is 22.3 Å². The minimum absolute atomic E-state index is 0.0565. The molecule has 7 nitrogen and oxygen atoms in total. The van der Waals surface area contributed by atoms with E-state index in [1.54, 1.807) is 20.1 Å². The Kier molecular flexibility index (Phi) is 5.89. The molecule has 166 valence electrons. The molecule has 9 heteroatoms. The van der Waals surface area contributed by atoms with Crippen molar-refractivity contribution in [2.75, 3.05) is 26.7 Å². The average molecular weight is 448 g/mol. The topological polar surface area (TPSA) is 76.3 Å². The third-order valence-electron chi connectivity index (χ3n) is 6.00. The van der Waals surface area contributed by atoms with Gasteiger partial charge in [-0.25, -0.2) is 19.0 Å². The van der Waals surface area contributed by atoms with Crippen LogP contribution in [-0.2, 0) is 0 Å². The molecule has 0 radical (unpaired) electrons. The van der Waals surface area contributed by atoms with Gasteiger partial charge in [0.25, 0.3) is 0 Å². The van der Waals surface area contributed by atoms with E-state index in [4.69, 9.17) is 21.4 Å². The van der Waals surface area contributed by atoms with Crippen molar-refractivity contribution < 1.29 is 14.2 Å². The smallest absolute Gasteiger partial charge is 0.162 e. The number of β-amino-alcohol motifs (C(OH)–C–C–N with tert-alkyl or cyclic N) is 1. The monoisotopic (exact) mass is 447 g/mol. The normalized spacial score (nSPS) is 17.0. The van der Waals surface area contributed by atoms with E-state index in [9.17, 15) is 5.11 Å².